The molecule has 0 atom stereocenters. The van der Waals surface area contributed by atoms with Crippen LogP contribution in [-0.2, 0) is 4.79 Å². The Kier molecular flexibility index (Phi) is 5.08. The second-order valence-electron chi connectivity index (χ2n) is 4.09. The number of halogens is 1. The predicted molar refractivity (Wildman–Crippen MR) is 85.7 cm³/mol. The van der Waals surface area contributed by atoms with E-state index in [1.54, 1.807) is 30.3 Å². The lowest BCUT2D eigenvalue weighted by Gasteiger charge is -2.10. The average Bonchev–Trinajstić information content (AvgIpc) is 2.45. The molecule has 0 bridgehead atoms. The first-order valence-electron chi connectivity index (χ1n) is 5.98. The van der Waals surface area contributed by atoms with E-state index in [-0.39, 0.29) is 17.5 Å². The van der Waals surface area contributed by atoms with E-state index < -0.39 is 0 Å². The summed E-state index contributed by atoms with van der Waals surface area (Å²) in [6.45, 7) is -0.173. The second-order valence-corrected chi connectivity index (χ2v) is 4.96. The molecule has 3 N–H and O–H groups in total. The molecule has 0 saturated heterocycles. The fourth-order valence-corrected chi connectivity index (χ4v) is 1.96. The largest absolute Gasteiger partial charge is 0.482 e. The maximum absolute atomic E-state index is 11.9. The molecule has 2 aromatic rings. The number of thiocarbonyl (C=S) groups is 1. The number of aromatic nitrogens is 1. The quantitative estimate of drug-likeness (QED) is 0.827. The molecule has 0 aliphatic heterocycles. The van der Waals surface area contributed by atoms with Gasteiger partial charge in [0.15, 0.2) is 6.61 Å². The highest BCUT2D eigenvalue weighted by molar-refractivity contribution is 7.80. The Labute approximate surface area is 132 Å². The minimum Gasteiger partial charge on any atom is -0.482 e. The van der Waals surface area contributed by atoms with Gasteiger partial charge in [-0.15, -0.1) is 0 Å². The number of hydrogen-bond acceptors (Lipinski definition) is 4. The van der Waals surface area contributed by atoms with Crippen molar-refractivity contribution >= 4 is 40.4 Å². The highest BCUT2D eigenvalue weighted by Crippen LogP contribution is 2.16. The molecule has 108 valence electrons. The highest BCUT2D eigenvalue weighted by atomic mass is 35.5. The van der Waals surface area contributed by atoms with E-state index in [9.17, 15) is 4.79 Å². The number of ether oxygens (including phenoxy) is 1. The number of carbonyl (C=O) groups excluding carboxylic acids is 1. The van der Waals surface area contributed by atoms with Crippen molar-refractivity contribution in [1.82, 2.24) is 4.98 Å². The van der Waals surface area contributed by atoms with E-state index >= 15 is 0 Å². The van der Waals surface area contributed by atoms with Crippen molar-refractivity contribution in [3.8, 4) is 5.75 Å². The molecular weight excluding hydrogens is 310 g/mol. The molecule has 2 rings (SSSR count). The predicted octanol–water partition coefficient (Wildman–Crippen LogP) is 2.39. The van der Waals surface area contributed by atoms with Crippen molar-refractivity contribution in [3.63, 3.8) is 0 Å². The number of carbonyl (C=O) groups is 1. The van der Waals surface area contributed by atoms with Crippen molar-refractivity contribution in [2.45, 2.75) is 0 Å². The smallest absolute Gasteiger partial charge is 0.262 e. The fraction of sp³-hybridized carbons (Fsp3) is 0.0714. The van der Waals surface area contributed by atoms with Crippen LogP contribution in [0.5, 0.6) is 5.75 Å². The molecule has 0 radical (unpaired) electrons. The third kappa shape index (κ3) is 4.40. The number of pyridine rings is 1. The molecule has 0 saturated carbocycles. The maximum atomic E-state index is 11.9. The van der Waals surface area contributed by atoms with Crippen LogP contribution in [-0.4, -0.2) is 22.5 Å². The molecule has 1 amide bonds. The molecular formula is C14H12ClN3O2S. The monoisotopic (exact) mass is 321 g/mol. The Morgan fingerprint density at radius 1 is 1.38 bits per heavy atom. The Balaban J connectivity index is 1.98. The molecule has 0 spiro atoms. The van der Waals surface area contributed by atoms with Crippen molar-refractivity contribution in [2.24, 2.45) is 5.73 Å². The Hall–Kier alpha value is -2.18. The zero-order valence-electron chi connectivity index (χ0n) is 10.9. The van der Waals surface area contributed by atoms with E-state index in [4.69, 9.17) is 34.3 Å². The highest BCUT2D eigenvalue weighted by Gasteiger charge is 2.09. The SMILES string of the molecule is NC(=S)c1ccccc1NC(=O)COc1cncc(Cl)c1. The van der Waals surface area contributed by atoms with Crippen LogP contribution in [0.25, 0.3) is 0 Å². The van der Waals surface area contributed by atoms with Crippen LogP contribution in [0.3, 0.4) is 0 Å². The topological polar surface area (TPSA) is 77.2 Å². The van der Waals surface area contributed by atoms with E-state index in [2.05, 4.69) is 10.3 Å². The van der Waals surface area contributed by atoms with Crippen LogP contribution >= 0.6 is 23.8 Å². The zero-order valence-corrected chi connectivity index (χ0v) is 12.4. The van der Waals surface area contributed by atoms with Gasteiger partial charge in [0.25, 0.3) is 5.91 Å². The van der Waals surface area contributed by atoms with Gasteiger partial charge in [0.1, 0.15) is 10.7 Å². The summed E-state index contributed by atoms with van der Waals surface area (Å²) in [5.41, 5.74) is 6.74. The van der Waals surface area contributed by atoms with Crippen molar-refractivity contribution < 1.29 is 9.53 Å². The number of nitrogens with zero attached hydrogens (tertiary/aromatic N) is 1. The van der Waals surface area contributed by atoms with E-state index in [1.807, 2.05) is 0 Å². The molecule has 7 heteroatoms. The van der Waals surface area contributed by atoms with Crippen LogP contribution in [0.15, 0.2) is 42.7 Å². The summed E-state index contributed by atoms with van der Waals surface area (Å²) < 4.78 is 5.30. The summed E-state index contributed by atoms with van der Waals surface area (Å²) in [5, 5.41) is 3.13. The van der Waals surface area contributed by atoms with Crippen LogP contribution in [0.2, 0.25) is 5.02 Å². The van der Waals surface area contributed by atoms with Gasteiger partial charge in [0, 0.05) is 17.8 Å². The van der Waals surface area contributed by atoms with Gasteiger partial charge in [-0.05, 0) is 12.1 Å². The van der Waals surface area contributed by atoms with Crippen molar-refractivity contribution in [1.29, 1.82) is 0 Å². The van der Waals surface area contributed by atoms with Gasteiger partial charge in [-0.3, -0.25) is 9.78 Å². The van der Waals surface area contributed by atoms with Gasteiger partial charge < -0.3 is 15.8 Å². The van der Waals surface area contributed by atoms with E-state index in [0.717, 1.165) is 0 Å². The number of nitrogens with one attached hydrogen (secondary N) is 1. The number of para-hydroxylation sites is 1. The number of amides is 1. The second kappa shape index (κ2) is 7.01. The molecule has 0 aliphatic carbocycles. The summed E-state index contributed by atoms with van der Waals surface area (Å²) in [5.74, 6) is 0.0824. The zero-order chi connectivity index (χ0) is 15.2. The van der Waals surface area contributed by atoms with Gasteiger partial charge in [-0.2, -0.15) is 0 Å². The van der Waals surface area contributed by atoms with Gasteiger partial charge in [0.05, 0.1) is 16.9 Å². The molecule has 21 heavy (non-hydrogen) atoms. The summed E-state index contributed by atoms with van der Waals surface area (Å²) in [6.07, 6.45) is 2.95. The van der Waals surface area contributed by atoms with E-state index in [1.165, 1.54) is 12.4 Å². The molecule has 0 fully saturated rings. The summed E-state index contributed by atoms with van der Waals surface area (Å²) >= 11 is 10.7. The van der Waals surface area contributed by atoms with Gasteiger partial charge in [0.2, 0.25) is 0 Å². The van der Waals surface area contributed by atoms with Gasteiger partial charge in [-0.1, -0.05) is 36.0 Å². The minimum atomic E-state index is -0.335. The summed E-state index contributed by atoms with van der Waals surface area (Å²) in [7, 11) is 0. The van der Waals surface area contributed by atoms with Crippen LogP contribution in [0, 0.1) is 0 Å². The number of anilines is 1. The first-order chi connectivity index (χ1) is 10.1. The lowest BCUT2D eigenvalue weighted by Crippen LogP contribution is -2.22. The molecule has 0 aliphatic rings. The lowest BCUT2D eigenvalue weighted by atomic mass is 10.2. The molecule has 0 unspecified atom stereocenters. The van der Waals surface area contributed by atoms with Gasteiger partial charge >= 0.3 is 0 Å². The third-order valence-electron chi connectivity index (χ3n) is 2.52. The molecule has 5 nitrogen and oxygen atoms in total. The average molecular weight is 322 g/mol. The minimum absolute atomic E-state index is 0.173. The molecule has 1 aromatic heterocycles. The first-order valence-corrected chi connectivity index (χ1v) is 6.77. The number of benzene rings is 1. The Bertz CT molecular complexity index is 679. The Morgan fingerprint density at radius 3 is 2.86 bits per heavy atom. The first kappa shape index (κ1) is 15.2. The van der Waals surface area contributed by atoms with Crippen molar-refractivity contribution in [2.75, 3.05) is 11.9 Å². The molecule has 1 heterocycles. The third-order valence-corrected chi connectivity index (χ3v) is 2.94. The number of hydrogen-bond donors (Lipinski definition) is 2. The summed E-state index contributed by atoms with van der Waals surface area (Å²) in [6, 6.07) is 8.59. The summed E-state index contributed by atoms with van der Waals surface area (Å²) in [4.78, 5) is 15.9. The van der Waals surface area contributed by atoms with E-state index in [0.29, 0.717) is 22.0 Å². The lowest BCUT2D eigenvalue weighted by molar-refractivity contribution is -0.118. The normalized spacial score (nSPS) is 9.95. The molecule has 1 aromatic carbocycles. The van der Waals surface area contributed by atoms with Crippen LogP contribution < -0.4 is 15.8 Å². The number of rotatable bonds is 5. The standard InChI is InChI=1S/C14H12ClN3O2S/c15-9-5-10(7-17-6-9)20-8-13(19)18-12-4-2-1-3-11(12)14(16)21/h1-7H,8H2,(H2,16,21)(H,18,19). The van der Waals surface area contributed by atoms with Crippen molar-refractivity contribution in [3.05, 3.63) is 53.3 Å². The fourth-order valence-electron chi connectivity index (χ4n) is 1.61. The number of nitrogens with two attached hydrogens (primary N) is 1. The maximum Gasteiger partial charge on any atom is 0.262 e. The van der Waals surface area contributed by atoms with Gasteiger partial charge in [-0.25, -0.2) is 0 Å². The van der Waals surface area contributed by atoms with Crippen LogP contribution in [0.4, 0.5) is 5.69 Å². The Morgan fingerprint density at radius 2 is 2.14 bits per heavy atom. The van der Waals surface area contributed by atoms with Crippen LogP contribution in [0.1, 0.15) is 5.56 Å².